The largest absolute Gasteiger partial charge is 0.336 e. The summed E-state index contributed by atoms with van der Waals surface area (Å²) in [5, 5.41) is 0. The molecule has 4 nitrogen and oxygen atoms in total. The van der Waals surface area contributed by atoms with Gasteiger partial charge in [-0.05, 0) is 44.1 Å². The van der Waals surface area contributed by atoms with Crippen LogP contribution >= 0.6 is 0 Å². The molecular weight excluding hydrogens is 250 g/mol. The van der Waals surface area contributed by atoms with Crippen molar-refractivity contribution in [1.82, 2.24) is 9.80 Å². The van der Waals surface area contributed by atoms with Crippen molar-refractivity contribution in [3.05, 3.63) is 35.4 Å². The third kappa shape index (κ3) is 3.38. The number of carbonyl (C=O) groups excluding carboxylic acids is 1. The number of nitrogens with zero attached hydrogens (tertiary/aromatic N) is 2. The summed E-state index contributed by atoms with van der Waals surface area (Å²) in [6.45, 7) is 5.42. The van der Waals surface area contributed by atoms with Gasteiger partial charge in [0.1, 0.15) is 0 Å². The number of hydrogen-bond acceptors (Lipinski definition) is 3. The van der Waals surface area contributed by atoms with Crippen LogP contribution < -0.4 is 5.73 Å². The highest BCUT2D eigenvalue weighted by molar-refractivity contribution is 5.94. The highest BCUT2D eigenvalue weighted by atomic mass is 16.2. The molecule has 0 aliphatic carbocycles. The Hall–Kier alpha value is -1.39. The van der Waals surface area contributed by atoms with Gasteiger partial charge in [0.2, 0.25) is 0 Å². The van der Waals surface area contributed by atoms with Crippen molar-refractivity contribution in [1.29, 1.82) is 0 Å². The number of carbonyl (C=O) groups is 1. The van der Waals surface area contributed by atoms with Crippen LogP contribution in [0.5, 0.6) is 0 Å². The van der Waals surface area contributed by atoms with E-state index >= 15 is 0 Å². The minimum Gasteiger partial charge on any atom is -0.336 e. The molecule has 2 rings (SSSR count). The molecule has 2 N–H and O–H groups in total. The van der Waals surface area contributed by atoms with Crippen molar-refractivity contribution in [2.75, 3.05) is 33.2 Å². The van der Waals surface area contributed by atoms with E-state index in [-0.39, 0.29) is 5.91 Å². The molecular formula is C16H25N3O. The summed E-state index contributed by atoms with van der Waals surface area (Å²) in [5.41, 5.74) is 7.51. The van der Waals surface area contributed by atoms with Crippen LogP contribution in [0.3, 0.4) is 0 Å². The fourth-order valence-corrected chi connectivity index (χ4v) is 2.73. The Morgan fingerprint density at radius 3 is 2.60 bits per heavy atom. The molecule has 1 aliphatic heterocycles. The van der Waals surface area contributed by atoms with Gasteiger partial charge >= 0.3 is 0 Å². The number of rotatable bonds is 4. The van der Waals surface area contributed by atoms with Gasteiger partial charge < -0.3 is 10.6 Å². The van der Waals surface area contributed by atoms with Crippen LogP contribution in [-0.4, -0.2) is 55.0 Å². The van der Waals surface area contributed by atoms with Crippen molar-refractivity contribution >= 4 is 5.91 Å². The predicted octanol–water partition coefficient (Wildman–Crippen LogP) is 1.35. The highest BCUT2D eigenvalue weighted by Gasteiger charge is 2.26. The van der Waals surface area contributed by atoms with Crippen LogP contribution in [0, 0.1) is 0 Å². The van der Waals surface area contributed by atoms with Gasteiger partial charge in [-0.2, -0.15) is 0 Å². The minimum atomic E-state index is 0.149. The minimum absolute atomic E-state index is 0.149. The fourth-order valence-electron chi connectivity index (χ4n) is 2.73. The Kier molecular flexibility index (Phi) is 5.15. The summed E-state index contributed by atoms with van der Waals surface area (Å²) in [6, 6.07) is 8.34. The number of hydrogen-bond donors (Lipinski definition) is 1. The first-order chi connectivity index (χ1) is 9.65. The van der Waals surface area contributed by atoms with Gasteiger partial charge in [0.25, 0.3) is 5.91 Å². The molecule has 1 aromatic carbocycles. The average molecular weight is 275 g/mol. The smallest absolute Gasteiger partial charge is 0.253 e. The zero-order valence-electron chi connectivity index (χ0n) is 12.5. The van der Waals surface area contributed by atoms with E-state index in [4.69, 9.17) is 5.73 Å². The summed E-state index contributed by atoms with van der Waals surface area (Å²) in [5.74, 6) is 0.149. The van der Waals surface area contributed by atoms with E-state index in [0.717, 1.165) is 38.0 Å². The number of nitrogens with two attached hydrogens (primary N) is 1. The van der Waals surface area contributed by atoms with Crippen LogP contribution in [-0.2, 0) is 6.42 Å². The Bertz CT molecular complexity index is 444. The summed E-state index contributed by atoms with van der Waals surface area (Å²) in [7, 11) is 2.14. The van der Waals surface area contributed by atoms with Gasteiger partial charge in [-0.1, -0.05) is 19.1 Å². The lowest BCUT2D eigenvalue weighted by Crippen LogP contribution is -2.52. The van der Waals surface area contributed by atoms with Crippen molar-refractivity contribution < 1.29 is 4.79 Å². The lowest BCUT2D eigenvalue weighted by atomic mass is 10.1. The number of benzene rings is 1. The van der Waals surface area contributed by atoms with Crippen LogP contribution in [0.15, 0.2) is 24.3 Å². The van der Waals surface area contributed by atoms with Gasteiger partial charge in [-0.15, -0.1) is 0 Å². The lowest BCUT2D eigenvalue weighted by Gasteiger charge is -2.39. The molecule has 20 heavy (non-hydrogen) atoms. The molecule has 4 heteroatoms. The second-order valence-corrected chi connectivity index (χ2v) is 5.53. The first-order valence-electron chi connectivity index (χ1n) is 7.44. The Labute approximate surface area is 121 Å². The monoisotopic (exact) mass is 275 g/mol. The molecule has 1 amide bonds. The highest BCUT2D eigenvalue weighted by Crippen LogP contribution is 2.14. The quantitative estimate of drug-likeness (QED) is 0.902. The van der Waals surface area contributed by atoms with Gasteiger partial charge in [0.15, 0.2) is 0 Å². The molecule has 110 valence electrons. The first-order valence-corrected chi connectivity index (χ1v) is 7.44. The molecule has 1 aliphatic rings. The number of piperazine rings is 1. The Balaban J connectivity index is 2.03. The SMILES string of the molecule is CCC1CN(C(=O)c2ccc(CCN)cc2)CCN1C. The second-order valence-electron chi connectivity index (χ2n) is 5.53. The van der Waals surface area contributed by atoms with Gasteiger partial charge in [-0.3, -0.25) is 9.69 Å². The number of likely N-dealkylation sites (N-methyl/N-ethyl adjacent to an activating group) is 1. The molecule has 1 atom stereocenters. The van der Waals surface area contributed by atoms with Crippen LogP contribution in [0.2, 0.25) is 0 Å². The summed E-state index contributed by atoms with van der Waals surface area (Å²) in [6.07, 6.45) is 1.94. The summed E-state index contributed by atoms with van der Waals surface area (Å²) in [4.78, 5) is 16.8. The van der Waals surface area contributed by atoms with E-state index in [9.17, 15) is 4.79 Å². The van der Waals surface area contributed by atoms with Crippen molar-refractivity contribution in [3.8, 4) is 0 Å². The zero-order valence-corrected chi connectivity index (χ0v) is 12.5. The standard InChI is InChI=1S/C16H25N3O/c1-3-15-12-19(11-10-18(15)2)16(20)14-6-4-13(5-7-14)8-9-17/h4-7,15H,3,8-12,17H2,1-2H3. The second kappa shape index (κ2) is 6.86. The molecule has 1 fully saturated rings. The van der Waals surface area contributed by atoms with Gasteiger partial charge in [0, 0.05) is 31.2 Å². The zero-order chi connectivity index (χ0) is 14.5. The molecule has 0 radical (unpaired) electrons. The lowest BCUT2D eigenvalue weighted by molar-refractivity contribution is 0.0542. The molecule has 1 aromatic rings. The summed E-state index contributed by atoms with van der Waals surface area (Å²) >= 11 is 0. The maximum Gasteiger partial charge on any atom is 0.253 e. The van der Waals surface area contributed by atoms with Crippen LogP contribution in [0.1, 0.15) is 29.3 Å². The third-order valence-corrected chi connectivity index (χ3v) is 4.17. The topological polar surface area (TPSA) is 49.6 Å². The normalized spacial score (nSPS) is 20.1. The van der Waals surface area contributed by atoms with Crippen molar-refractivity contribution in [2.24, 2.45) is 5.73 Å². The molecule has 1 unspecified atom stereocenters. The first kappa shape index (κ1) is 15.0. The molecule has 0 spiro atoms. The van der Waals surface area contributed by atoms with E-state index in [1.807, 2.05) is 29.2 Å². The average Bonchev–Trinajstić information content (AvgIpc) is 2.48. The molecule has 1 saturated heterocycles. The van der Waals surface area contributed by atoms with E-state index in [1.165, 1.54) is 5.56 Å². The molecule has 1 heterocycles. The predicted molar refractivity (Wildman–Crippen MR) is 81.8 cm³/mol. The van der Waals surface area contributed by atoms with Crippen LogP contribution in [0.4, 0.5) is 0 Å². The number of amides is 1. The van der Waals surface area contributed by atoms with Crippen LogP contribution in [0.25, 0.3) is 0 Å². The summed E-state index contributed by atoms with van der Waals surface area (Å²) < 4.78 is 0. The van der Waals surface area contributed by atoms with Gasteiger partial charge in [-0.25, -0.2) is 0 Å². The molecule has 0 aromatic heterocycles. The van der Waals surface area contributed by atoms with Gasteiger partial charge in [0.05, 0.1) is 0 Å². The maximum atomic E-state index is 12.5. The molecule has 0 saturated carbocycles. The maximum absolute atomic E-state index is 12.5. The molecule has 0 bridgehead atoms. The Morgan fingerprint density at radius 1 is 1.30 bits per heavy atom. The third-order valence-electron chi connectivity index (χ3n) is 4.17. The van der Waals surface area contributed by atoms with E-state index < -0.39 is 0 Å². The fraction of sp³-hybridized carbons (Fsp3) is 0.562. The Morgan fingerprint density at radius 2 is 2.00 bits per heavy atom. The van der Waals surface area contributed by atoms with E-state index in [1.54, 1.807) is 0 Å². The van der Waals surface area contributed by atoms with Crippen molar-refractivity contribution in [3.63, 3.8) is 0 Å². The van der Waals surface area contributed by atoms with E-state index in [2.05, 4.69) is 18.9 Å². The van der Waals surface area contributed by atoms with Crippen molar-refractivity contribution in [2.45, 2.75) is 25.8 Å². The van der Waals surface area contributed by atoms with E-state index in [0.29, 0.717) is 12.6 Å².